The molecule has 0 N–H and O–H groups in total. The second kappa shape index (κ2) is 3.58. The van der Waals surface area contributed by atoms with Gasteiger partial charge in [0.25, 0.3) is 0 Å². The summed E-state index contributed by atoms with van der Waals surface area (Å²) in [4.78, 5) is 2.53. The molecule has 2 heteroatoms. The highest BCUT2D eigenvalue weighted by atomic mass is 16.5. The van der Waals surface area contributed by atoms with Crippen LogP contribution in [0.15, 0.2) is 0 Å². The first-order valence-corrected chi connectivity index (χ1v) is 5.60. The topological polar surface area (TPSA) is 12.5 Å². The van der Waals surface area contributed by atoms with Gasteiger partial charge in [0.05, 0.1) is 12.2 Å². The minimum atomic E-state index is 0.309. The van der Waals surface area contributed by atoms with E-state index in [1.165, 1.54) is 32.2 Å². The molecule has 1 saturated heterocycles. The van der Waals surface area contributed by atoms with E-state index >= 15 is 0 Å². The zero-order valence-electron chi connectivity index (χ0n) is 8.88. The Bertz CT molecular complexity index is 175. The molecule has 0 unspecified atom stereocenters. The van der Waals surface area contributed by atoms with Gasteiger partial charge in [-0.25, -0.2) is 0 Å². The first-order chi connectivity index (χ1) is 6.22. The summed E-state index contributed by atoms with van der Waals surface area (Å²) in [5, 5.41) is 0. The standard InChI is InChI=1S/C11H21NO/c1-10(2)12-7-6-11(4-3-5-11)13-9-8-12/h10H,3-9H2,1-2H3. The average molecular weight is 183 g/mol. The van der Waals surface area contributed by atoms with Crippen molar-refractivity contribution in [2.24, 2.45) is 0 Å². The van der Waals surface area contributed by atoms with Crippen LogP contribution in [0.5, 0.6) is 0 Å². The molecule has 0 aromatic carbocycles. The van der Waals surface area contributed by atoms with Crippen molar-refractivity contribution >= 4 is 0 Å². The summed E-state index contributed by atoms with van der Waals surface area (Å²) in [7, 11) is 0. The zero-order chi connectivity index (χ0) is 9.31. The molecule has 0 radical (unpaired) electrons. The average Bonchev–Trinajstić information content (AvgIpc) is 2.24. The molecule has 2 rings (SSSR count). The first-order valence-electron chi connectivity index (χ1n) is 5.60. The SMILES string of the molecule is CC(C)N1CCOC2(CCC2)CC1. The highest BCUT2D eigenvalue weighted by Gasteiger charge is 2.39. The molecule has 0 bridgehead atoms. The third-order valence-corrected chi connectivity index (χ3v) is 3.64. The molecule has 2 fully saturated rings. The van der Waals surface area contributed by atoms with Crippen LogP contribution in [0.1, 0.15) is 39.5 Å². The number of nitrogens with zero attached hydrogens (tertiary/aromatic N) is 1. The van der Waals surface area contributed by atoms with Gasteiger partial charge in [-0.3, -0.25) is 4.90 Å². The lowest BCUT2D eigenvalue weighted by Gasteiger charge is -2.40. The lowest BCUT2D eigenvalue weighted by atomic mass is 9.77. The molecule has 13 heavy (non-hydrogen) atoms. The molecule has 2 aliphatic rings. The van der Waals surface area contributed by atoms with Crippen LogP contribution in [0.4, 0.5) is 0 Å². The Morgan fingerprint density at radius 1 is 1.15 bits per heavy atom. The van der Waals surface area contributed by atoms with Crippen LogP contribution < -0.4 is 0 Å². The molecule has 2 nitrogen and oxygen atoms in total. The molecular weight excluding hydrogens is 162 g/mol. The van der Waals surface area contributed by atoms with Crippen molar-refractivity contribution in [3.8, 4) is 0 Å². The maximum absolute atomic E-state index is 5.97. The van der Waals surface area contributed by atoms with Gasteiger partial charge >= 0.3 is 0 Å². The number of rotatable bonds is 1. The Morgan fingerprint density at radius 2 is 1.92 bits per heavy atom. The highest BCUT2D eigenvalue weighted by molar-refractivity contribution is 4.92. The fourth-order valence-corrected chi connectivity index (χ4v) is 2.39. The minimum Gasteiger partial charge on any atom is -0.374 e. The van der Waals surface area contributed by atoms with Crippen LogP contribution in [-0.4, -0.2) is 36.2 Å². The summed E-state index contributed by atoms with van der Waals surface area (Å²) in [5.74, 6) is 0. The number of hydrogen-bond acceptors (Lipinski definition) is 2. The van der Waals surface area contributed by atoms with Crippen molar-refractivity contribution in [2.45, 2.75) is 51.2 Å². The third-order valence-electron chi connectivity index (χ3n) is 3.64. The summed E-state index contributed by atoms with van der Waals surface area (Å²) >= 11 is 0. The minimum absolute atomic E-state index is 0.309. The van der Waals surface area contributed by atoms with E-state index in [-0.39, 0.29) is 0 Å². The van der Waals surface area contributed by atoms with Crippen LogP contribution in [0.25, 0.3) is 0 Å². The van der Waals surface area contributed by atoms with Crippen molar-refractivity contribution in [3.63, 3.8) is 0 Å². The van der Waals surface area contributed by atoms with Gasteiger partial charge in [-0.15, -0.1) is 0 Å². The van der Waals surface area contributed by atoms with Crippen molar-refractivity contribution in [3.05, 3.63) is 0 Å². The molecule has 1 aliphatic carbocycles. The van der Waals surface area contributed by atoms with Gasteiger partial charge in [0.2, 0.25) is 0 Å². The first kappa shape index (κ1) is 9.47. The molecule has 1 saturated carbocycles. The predicted octanol–water partition coefficient (Wildman–Crippen LogP) is 2.04. The molecule has 76 valence electrons. The van der Waals surface area contributed by atoms with E-state index in [4.69, 9.17) is 4.74 Å². The third kappa shape index (κ3) is 1.89. The summed E-state index contributed by atoms with van der Waals surface area (Å²) in [6, 6.07) is 0.679. The van der Waals surface area contributed by atoms with Crippen LogP contribution in [0.2, 0.25) is 0 Å². The van der Waals surface area contributed by atoms with E-state index in [1.807, 2.05) is 0 Å². The molecule has 1 aliphatic heterocycles. The fraction of sp³-hybridized carbons (Fsp3) is 1.00. The summed E-state index contributed by atoms with van der Waals surface area (Å²) < 4.78 is 5.97. The van der Waals surface area contributed by atoms with Gasteiger partial charge in [-0.1, -0.05) is 0 Å². The molecule has 0 amide bonds. The second-order valence-corrected chi connectivity index (χ2v) is 4.76. The fourth-order valence-electron chi connectivity index (χ4n) is 2.39. The number of hydrogen-bond donors (Lipinski definition) is 0. The quantitative estimate of drug-likeness (QED) is 0.617. The number of ether oxygens (including phenoxy) is 1. The largest absolute Gasteiger partial charge is 0.374 e. The van der Waals surface area contributed by atoms with Crippen LogP contribution in [0, 0.1) is 0 Å². The Balaban J connectivity index is 1.90. The zero-order valence-corrected chi connectivity index (χ0v) is 8.88. The Labute approximate surface area is 81.3 Å². The van der Waals surface area contributed by atoms with Gasteiger partial charge in [0.1, 0.15) is 0 Å². The molecule has 1 spiro atoms. The van der Waals surface area contributed by atoms with Crippen LogP contribution in [-0.2, 0) is 4.74 Å². The van der Waals surface area contributed by atoms with E-state index in [0.717, 1.165) is 13.2 Å². The molecule has 1 heterocycles. The van der Waals surface area contributed by atoms with Crippen molar-refractivity contribution < 1.29 is 4.74 Å². The summed E-state index contributed by atoms with van der Waals surface area (Å²) in [6.07, 6.45) is 5.24. The lowest BCUT2D eigenvalue weighted by Crippen LogP contribution is -2.40. The Kier molecular flexibility index (Phi) is 2.61. The summed E-state index contributed by atoms with van der Waals surface area (Å²) in [6.45, 7) is 7.85. The van der Waals surface area contributed by atoms with E-state index in [9.17, 15) is 0 Å². The molecule has 0 aromatic rings. The summed E-state index contributed by atoms with van der Waals surface area (Å²) in [5.41, 5.74) is 0.309. The Hall–Kier alpha value is -0.0800. The van der Waals surface area contributed by atoms with Crippen LogP contribution in [0.3, 0.4) is 0 Å². The molecule has 0 aromatic heterocycles. The van der Waals surface area contributed by atoms with Gasteiger partial charge in [-0.2, -0.15) is 0 Å². The molecule has 0 atom stereocenters. The maximum Gasteiger partial charge on any atom is 0.0695 e. The maximum atomic E-state index is 5.97. The smallest absolute Gasteiger partial charge is 0.0695 e. The van der Waals surface area contributed by atoms with Crippen LogP contribution >= 0.6 is 0 Å². The second-order valence-electron chi connectivity index (χ2n) is 4.76. The van der Waals surface area contributed by atoms with Gasteiger partial charge in [-0.05, 0) is 39.5 Å². The van der Waals surface area contributed by atoms with Gasteiger partial charge in [0, 0.05) is 19.1 Å². The lowest BCUT2D eigenvalue weighted by molar-refractivity contribution is -0.0929. The highest BCUT2D eigenvalue weighted by Crippen LogP contribution is 2.39. The normalized spacial score (nSPS) is 28.8. The van der Waals surface area contributed by atoms with Crippen molar-refractivity contribution in [1.82, 2.24) is 4.90 Å². The predicted molar refractivity (Wildman–Crippen MR) is 53.9 cm³/mol. The van der Waals surface area contributed by atoms with E-state index in [1.54, 1.807) is 0 Å². The molecular formula is C11H21NO. The van der Waals surface area contributed by atoms with E-state index in [0.29, 0.717) is 11.6 Å². The van der Waals surface area contributed by atoms with E-state index in [2.05, 4.69) is 18.7 Å². The Morgan fingerprint density at radius 3 is 2.46 bits per heavy atom. The van der Waals surface area contributed by atoms with E-state index < -0.39 is 0 Å². The van der Waals surface area contributed by atoms with Gasteiger partial charge < -0.3 is 4.74 Å². The van der Waals surface area contributed by atoms with Crippen molar-refractivity contribution in [2.75, 3.05) is 19.7 Å². The monoisotopic (exact) mass is 183 g/mol. The van der Waals surface area contributed by atoms with Crippen molar-refractivity contribution in [1.29, 1.82) is 0 Å². The van der Waals surface area contributed by atoms with Gasteiger partial charge in [0.15, 0.2) is 0 Å².